The van der Waals surface area contributed by atoms with Crippen molar-refractivity contribution in [3.05, 3.63) is 76.6 Å². The molecule has 5 nitrogen and oxygen atoms in total. The highest BCUT2D eigenvalue weighted by Gasteiger charge is 2.21. The van der Waals surface area contributed by atoms with Gasteiger partial charge in [-0.2, -0.15) is 0 Å². The topological polar surface area (TPSA) is 58.1 Å². The minimum absolute atomic E-state index is 0.288. The van der Waals surface area contributed by atoms with Crippen LogP contribution in [0.2, 0.25) is 5.02 Å². The molecule has 0 bridgehead atoms. The number of para-hydroxylation sites is 1. The first-order valence-corrected chi connectivity index (χ1v) is 9.25. The molecule has 1 aliphatic heterocycles. The molecule has 1 N–H and O–H groups in total. The summed E-state index contributed by atoms with van der Waals surface area (Å²) in [5.41, 5.74) is 4.30. The fourth-order valence-corrected chi connectivity index (χ4v) is 3.39. The van der Waals surface area contributed by atoms with E-state index >= 15 is 0 Å². The minimum atomic E-state index is -0.288. The van der Waals surface area contributed by atoms with Crippen LogP contribution in [0.5, 0.6) is 0 Å². The number of carbonyl (C=O) groups excluding carboxylic acids is 1. The zero-order valence-electron chi connectivity index (χ0n) is 14.9. The van der Waals surface area contributed by atoms with Crippen LogP contribution in [0.25, 0.3) is 0 Å². The molecule has 0 saturated heterocycles. The number of aryl methyl sites for hydroxylation is 2. The van der Waals surface area contributed by atoms with E-state index in [1.165, 1.54) is 5.56 Å². The predicted octanol–water partition coefficient (Wildman–Crippen LogP) is 4.78. The number of benzene rings is 2. The van der Waals surface area contributed by atoms with E-state index in [2.05, 4.69) is 32.3 Å². The number of hydrogen-bond acceptors (Lipinski definition) is 4. The van der Waals surface area contributed by atoms with Gasteiger partial charge < -0.3 is 10.2 Å². The Morgan fingerprint density at radius 1 is 1.19 bits per heavy atom. The lowest BCUT2D eigenvalue weighted by Crippen LogP contribution is -2.27. The van der Waals surface area contributed by atoms with E-state index < -0.39 is 0 Å². The van der Waals surface area contributed by atoms with E-state index in [1.54, 1.807) is 18.3 Å². The van der Waals surface area contributed by atoms with Gasteiger partial charge in [-0.05, 0) is 55.2 Å². The Hall–Kier alpha value is -2.92. The maximum Gasteiger partial charge on any atom is 0.274 e. The van der Waals surface area contributed by atoms with E-state index in [0.29, 0.717) is 22.4 Å². The average Bonchev–Trinajstić information content (AvgIpc) is 2.70. The van der Waals surface area contributed by atoms with Gasteiger partial charge in [-0.15, -0.1) is 0 Å². The van der Waals surface area contributed by atoms with E-state index in [9.17, 15) is 4.79 Å². The number of aromatic nitrogens is 2. The van der Waals surface area contributed by atoms with Gasteiger partial charge in [-0.3, -0.25) is 4.79 Å². The molecule has 0 aliphatic carbocycles. The molecule has 0 fully saturated rings. The SMILES string of the molecule is Cc1ccc(NC(=O)c2ccnc(N3CCCc4ccccc43)n2)cc1Cl. The van der Waals surface area contributed by atoms with Gasteiger partial charge in [0.15, 0.2) is 0 Å². The molecule has 6 heteroatoms. The molecule has 0 atom stereocenters. The van der Waals surface area contributed by atoms with Crippen LogP contribution in [0.4, 0.5) is 17.3 Å². The summed E-state index contributed by atoms with van der Waals surface area (Å²) in [6, 6.07) is 15.3. The number of anilines is 3. The molecular formula is C21H19ClN4O. The Bertz CT molecular complexity index is 1000. The van der Waals surface area contributed by atoms with Crippen molar-refractivity contribution in [1.29, 1.82) is 0 Å². The lowest BCUT2D eigenvalue weighted by atomic mass is 10.0. The molecule has 0 unspecified atom stereocenters. The maximum absolute atomic E-state index is 12.6. The predicted molar refractivity (Wildman–Crippen MR) is 108 cm³/mol. The molecule has 1 aliphatic rings. The summed E-state index contributed by atoms with van der Waals surface area (Å²) in [5.74, 6) is 0.251. The third-order valence-electron chi connectivity index (χ3n) is 4.66. The van der Waals surface area contributed by atoms with Crippen molar-refractivity contribution < 1.29 is 4.79 Å². The van der Waals surface area contributed by atoms with Gasteiger partial charge in [0.2, 0.25) is 5.95 Å². The fraction of sp³-hybridized carbons (Fsp3) is 0.190. The van der Waals surface area contributed by atoms with Crippen molar-refractivity contribution in [3.63, 3.8) is 0 Å². The van der Waals surface area contributed by atoms with E-state index in [1.807, 2.05) is 31.2 Å². The summed E-state index contributed by atoms with van der Waals surface area (Å²) >= 11 is 6.13. The van der Waals surface area contributed by atoms with Gasteiger partial charge in [0.1, 0.15) is 5.69 Å². The molecule has 136 valence electrons. The van der Waals surface area contributed by atoms with Crippen LogP contribution in [0.3, 0.4) is 0 Å². The van der Waals surface area contributed by atoms with Gasteiger partial charge in [-0.1, -0.05) is 35.9 Å². The molecule has 2 aromatic carbocycles. The quantitative estimate of drug-likeness (QED) is 0.712. The number of nitrogens with one attached hydrogen (secondary N) is 1. The second-order valence-corrected chi connectivity index (χ2v) is 6.95. The lowest BCUT2D eigenvalue weighted by molar-refractivity contribution is 0.102. The molecule has 1 amide bonds. The van der Waals surface area contributed by atoms with Gasteiger partial charge in [0, 0.05) is 29.1 Å². The van der Waals surface area contributed by atoms with Crippen LogP contribution in [0.1, 0.15) is 28.0 Å². The van der Waals surface area contributed by atoms with Crippen LogP contribution in [-0.2, 0) is 6.42 Å². The molecular weight excluding hydrogens is 360 g/mol. The normalized spacial score (nSPS) is 13.2. The van der Waals surface area contributed by atoms with Gasteiger partial charge in [0.05, 0.1) is 0 Å². The summed E-state index contributed by atoms with van der Waals surface area (Å²) in [7, 11) is 0. The summed E-state index contributed by atoms with van der Waals surface area (Å²) in [6.45, 7) is 2.75. The molecule has 0 radical (unpaired) electrons. The first kappa shape index (κ1) is 17.5. The smallest absolute Gasteiger partial charge is 0.274 e. The van der Waals surface area contributed by atoms with Crippen molar-refractivity contribution in [2.45, 2.75) is 19.8 Å². The van der Waals surface area contributed by atoms with Crippen molar-refractivity contribution in [2.75, 3.05) is 16.8 Å². The molecule has 27 heavy (non-hydrogen) atoms. The second kappa shape index (κ2) is 7.37. The first-order valence-electron chi connectivity index (χ1n) is 8.88. The number of halogens is 1. The standard InChI is InChI=1S/C21H19ClN4O/c1-14-8-9-16(13-17(14)22)24-20(27)18-10-11-23-21(25-18)26-12-4-6-15-5-2-3-7-19(15)26/h2-3,5,7-11,13H,4,6,12H2,1H3,(H,24,27). The largest absolute Gasteiger partial charge is 0.321 e. The lowest BCUT2D eigenvalue weighted by Gasteiger charge is -2.29. The van der Waals surface area contributed by atoms with Crippen LogP contribution in [0, 0.1) is 6.92 Å². The van der Waals surface area contributed by atoms with Crippen molar-refractivity contribution >= 4 is 34.8 Å². The first-order chi connectivity index (χ1) is 13.1. The Balaban J connectivity index is 1.59. The van der Waals surface area contributed by atoms with E-state index in [0.717, 1.165) is 30.6 Å². The average molecular weight is 379 g/mol. The Labute approximate surface area is 163 Å². The van der Waals surface area contributed by atoms with Gasteiger partial charge in [0.25, 0.3) is 5.91 Å². The third kappa shape index (κ3) is 3.64. The zero-order valence-corrected chi connectivity index (χ0v) is 15.7. The van der Waals surface area contributed by atoms with Crippen molar-refractivity contribution in [3.8, 4) is 0 Å². The Morgan fingerprint density at radius 2 is 2.04 bits per heavy atom. The summed E-state index contributed by atoms with van der Waals surface area (Å²) in [6.07, 6.45) is 3.69. The number of carbonyl (C=O) groups is 1. The highest BCUT2D eigenvalue weighted by molar-refractivity contribution is 6.31. The number of rotatable bonds is 3. The molecule has 2 heterocycles. The van der Waals surface area contributed by atoms with Crippen LogP contribution in [0.15, 0.2) is 54.7 Å². The highest BCUT2D eigenvalue weighted by Crippen LogP contribution is 2.31. The van der Waals surface area contributed by atoms with Crippen molar-refractivity contribution in [2.24, 2.45) is 0 Å². The number of fused-ring (bicyclic) bond motifs is 1. The highest BCUT2D eigenvalue weighted by atomic mass is 35.5. The third-order valence-corrected chi connectivity index (χ3v) is 5.06. The molecule has 4 rings (SSSR count). The summed E-state index contributed by atoms with van der Waals surface area (Å²) < 4.78 is 0. The number of hydrogen-bond donors (Lipinski definition) is 1. The maximum atomic E-state index is 12.6. The monoisotopic (exact) mass is 378 g/mol. The Morgan fingerprint density at radius 3 is 2.89 bits per heavy atom. The van der Waals surface area contributed by atoms with Gasteiger partial charge >= 0.3 is 0 Å². The van der Waals surface area contributed by atoms with Crippen LogP contribution < -0.4 is 10.2 Å². The van der Waals surface area contributed by atoms with Crippen molar-refractivity contribution in [1.82, 2.24) is 9.97 Å². The Kier molecular flexibility index (Phi) is 4.77. The van der Waals surface area contributed by atoms with E-state index in [-0.39, 0.29) is 5.91 Å². The summed E-state index contributed by atoms with van der Waals surface area (Å²) in [4.78, 5) is 23.6. The molecule has 1 aromatic heterocycles. The fourth-order valence-electron chi connectivity index (χ4n) is 3.21. The number of amides is 1. The van der Waals surface area contributed by atoms with Gasteiger partial charge in [-0.25, -0.2) is 9.97 Å². The summed E-state index contributed by atoms with van der Waals surface area (Å²) in [5, 5.41) is 3.46. The number of nitrogens with zero attached hydrogens (tertiary/aromatic N) is 3. The van der Waals surface area contributed by atoms with Crippen LogP contribution in [-0.4, -0.2) is 22.4 Å². The zero-order chi connectivity index (χ0) is 18.8. The minimum Gasteiger partial charge on any atom is -0.321 e. The second-order valence-electron chi connectivity index (χ2n) is 6.54. The molecule has 0 saturated carbocycles. The molecule has 0 spiro atoms. The molecule has 3 aromatic rings. The van der Waals surface area contributed by atoms with E-state index in [4.69, 9.17) is 11.6 Å². The van der Waals surface area contributed by atoms with Crippen LogP contribution >= 0.6 is 11.6 Å².